The van der Waals surface area contributed by atoms with Crippen molar-refractivity contribution in [3.8, 4) is 22.6 Å². The van der Waals surface area contributed by atoms with Crippen LogP contribution in [-0.2, 0) is 4.79 Å². The van der Waals surface area contributed by atoms with E-state index in [1.807, 2.05) is 24.3 Å². The number of methoxy groups -OCH3 is 2. The van der Waals surface area contributed by atoms with E-state index in [-0.39, 0.29) is 11.6 Å². The smallest absolute Gasteiger partial charge is 0.433 e. The molecule has 0 aliphatic heterocycles. The maximum atomic E-state index is 12.2. The van der Waals surface area contributed by atoms with Crippen LogP contribution in [0.1, 0.15) is 5.76 Å². The first kappa shape index (κ1) is 19.7. The first-order chi connectivity index (χ1) is 14.0. The lowest BCUT2D eigenvalue weighted by molar-refractivity contribution is -0.402. The molecule has 3 aromatic rings. The lowest BCUT2D eigenvalue weighted by atomic mass is 10.0. The molecule has 0 saturated heterocycles. The Morgan fingerprint density at radius 2 is 1.83 bits per heavy atom. The zero-order valence-electron chi connectivity index (χ0n) is 15.7. The molecule has 8 nitrogen and oxygen atoms in total. The Hall–Kier alpha value is -4.07. The fraction of sp³-hybridized carbons (Fsp3) is 0.0952. The summed E-state index contributed by atoms with van der Waals surface area (Å²) in [4.78, 5) is 22.2. The van der Waals surface area contributed by atoms with Crippen LogP contribution in [-0.4, -0.2) is 25.1 Å². The molecule has 0 unspecified atom stereocenters. The van der Waals surface area contributed by atoms with E-state index in [0.29, 0.717) is 11.4 Å². The van der Waals surface area contributed by atoms with Crippen LogP contribution in [0.5, 0.6) is 11.5 Å². The molecule has 0 aliphatic carbocycles. The number of benzene rings is 2. The number of furan rings is 1. The number of ether oxygens (including phenoxy) is 2. The van der Waals surface area contributed by atoms with Gasteiger partial charge < -0.3 is 19.2 Å². The summed E-state index contributed by atoms with van der Waals surface area (Å²) in [6.07, 6.45) is 2.59. The average Bonchev–Trinajstić information content (AvgIpc) is 3.22. The third-order valence-electron chi connectivity index (χ3n) is 4.06. The molecule has 1 aromatic heterocycles. The Kier molecular flexibility index (Phi) is 5.94. The summed E-state index contributed by atoms with van der Waals surface area (Å²) in [5.41, 5.74) is 2.27. The van der Waals surface area contributed by atoms with Crippen LogP contribution >= 0.6 is 0 Å². The molecule has 3 rings (SSSR count). The number of carbonyl (C=O) groups is 1. The number of nitrogens with zero attached hydrogens (tertiary/aromatic N) is 1. The number of nitrogens with one attached hydrogen (secondary N) is 1. The third kappa shape index (κ3) is 4.81. The number of rotatable bonds is 7. The lowest BCUT2D eigenvalue weighted by Gasteiger charge is -2.12. The molecule has 0 aliphatic rings. The van der Waals surface area contributed by atoms with Crippen molar-refractivity contribution >= 4 is 23.6 Å². The molecule has 148 valence electrons. The van der Waals surface area contributed by atoms with Crippen LogP contribution in [0.25, 0.3) is 17.2 Å². The predicted octanol–water partition coefficient (Wildman–Crippen LogP) is 4.52. The van der Waals surface area contributed by atoms with Gasteiger partial charge in [0.25, 0.3) is 0 Å². The normalized spacial score (nSPS) is 10.7. The average molecular weight is 394 g/mol. The molecule has 8 heteroatoms. The van der Waals surface area contributed by atoms with Crippen molar-refractivity contribution in [2.45, 2.75) is 0 Å². The van der Waals surface area contributed by atoms with Gasteiger partial charge in [0.2, 0.25) is 5.91 Å². The first-order valence-corrected chi connectivity index (χ1v) is 8.56. The zero-order valence-corrected chi connectivity index (χ0v) is 15.7. The van der Waals surface area contributed by atoms with E-state index in [0.717, 1.165) is 16.9 Å². The Morgan fingerprint density at radius 1 is 1.07 bits per heavy atom. The van der Waals surface area contributed by atoms with Crippen molar-refractivity contribution in [1.82, 2.24) is 0 Å². The van der Waals surface area contributed by atoms with Gasteiger partial charge in [0.05, 0.1) is 20.3 Å². The highest BCUT2D eigenvalue weighted by atomic mass is 16.6. The van der Waals surface area contributed by atoms with Crippen molar-refractivity contribution in [2.75, 3.05) is 19.5 Å². The maximum Gasteiger partial charge on any atom is 0.433 e. The largest absolute Gasteiger partial charge is 0.497 e. The van der Waals surface area contributed by atoms with Crippen LogP contribution in [0.15, 0.2) is 65.1 Å². The minimum absolute atomic E-state index is 0.209. The van der Waals surface area contributed by atoms with Gasteiger partial charge in [-0.2, -0.15) is 0 Å². The van der Waals surface area contributed by atoms with Crippen molar-refractivity contribution in [3.05, 3.63) is 76.5 Å². The monoisotopic (exact) mass is 394 g/mol. The number of nitro groups is 1. The van der Waals surface area contributed by atoms with Crippen LogP contribution < -0.4 is 14.8 Å². The molecular formula is C21H18N2O6. The molecule has 0 bridgehead atoms. The zero-order chi connectivity index (χ0) is 20.8. The van der Waals surface area contributed by atoms with Crippen molar-refractivity contribution in [3.63, 3.8) is 0 Å². The van der Waals surface area contributed by atoms with E-state index in [9.17, 15) is 14.9 Å². The summed E-state index contributed by atoms with van der Waals surface area (Å²) < 4.78 is 15.6. The highest BCUT2D eigenvalue weighted by Gasteiger charge is 2.11. The van der Waals surface area contributed by atoms with Gasteiger partial charge in [-0.3, -0.25) is 14.9 Å². The van der Waals surface area contributed by atoms with Gasteiger partial charge in [0, 0.05) is 17.3 Å². The molecule has 0 saturated carbocycles. The molecule has 29 heavy (non-hydrogen) atoms. The molecule has 0 radical (unpaired) electrons. The lowest BCUT2D eigenvalue weighted by Crippen LogP contribution is -2.07. The summed E-state index contributed by atoms with van der Waals surface area (Å²) in [7, 11) is 3.17. The molecule has 0 spiro atoms. The van der Waals surface area contributed by atoms with E-state index >= 15 is 0 Å². The number of hydrogen-bond acceptors (Lipinski definition) is 6. The summed E-state index contributed by atoms with van der Waals surface area (Å²) in [5, 5.41) is 13.4. The van der Waals surface area contributed by atoms with E-state index in [4.69, 9.17) is 13.9 Å². The van der Waals surface area contributed by atoms with Gasteiger partial charge in [-0.1, -0.05) is 12.1 Å². The summed E-state index contributed by atoms with van der Waals surface area (Å²) in [5.74, 6) is 0.812. The number of carbonyl (C=O) groups excluding carboxylic acids is 1. The van der Waals surface area contributed by atoms with Crippen LogP contribution in [0.4, 0.5) is 11.6 Å². The Morgan fingerprint density at radius 3 is 2.45 bits per heavy atom. The highest BCUT2D eigenvalue weighted by Crippen LogP contribution is 2.33. The van der Waals surface area contributed by atoms with E-state index in [1.54, 1.807) is 32.4 Å². The van der Waals surface area contributed by atoms with Gasteiger partial charge in [0.15, 0.2) is 0 Å². The second-order valence-corrected chi connectivity index (χ2v) is 5.90. The summed E-state index contributed by atoms with van der Waals surface area (Å²) in [6, 6.07) is 15.4. The highest BCUT2D eigenvalue weighted by molar-refractivity contribution is 6.02. The van der Waals surface area contributed by atoms with Gasteiger partial charge in [-0.15, -0.1) is 0 Å². The number of amides is 1. The van der Waals surface area contributed by atoms with Gasteiger partial charge >= 0.3 is 5.88 Å². The fourth-order valence-corrected chi connectivity index (χ4v) is 2.65. The number of hydrogen-bond donors (Lipinski definition) is 1. The molecule has 0 atom stereocenters. The maximum absolute atomic E-state index is 12.2. The van der Waals surface area contributed by atoms with Gasteiger partial charge in [0.1, 0.15) is 22.2 Å². The standard InChI is InChI=1S/C21H18N2O6/c1-27-16-6-3-14(4-7-16)18-13-15(5-10-19(18)28-2)22-20(24)11-8-17-9-12-21(29-17)23(25)26/h3-13H,1-2H3,(H,22,24)/b11-8+. The summed E-state index contributed by atoms with van der Waals surface area (Å²) in [6.45, 7) is 0. The minimum atomic E-state index is -0.643. The first-order valence-electron chi connectivity index (χ1n) is 8.56. The van der Waals surface area contributed by atoms with Crippen molar-refractivity contribution < 1.29 is 23.6 Å². The Bertz CT molecular complexity index is 1050. The van der Waals surface area contributed by atoms with Crippen LogP contribution in [0.3, 0.4) is 0 Å². The molecule has 1 N–H and O–H groups in total. The van der Waals surface area contributed by atoms with Crippen molar-refractivity contribution in [1.29, 1.82) is 0 Å². The predicted molar refractivity (Wildman–Crippen MR) is 108 cm³/mol. The SMILES string of the molecule is COc1ccc(-c2cc(NC(=O)/C=C/c3ccc([N+](=O)[O-])o3)ccc2OC)cc1. The molecular weight excluding hydrogens is 376 g/mol. The number of anilines is 1. The van der Waals surface area contributed by atoms with Crippen LogP contribution in [0, 0.1) is 10.1 Å². The molecule has 1 amide bonds. The van der Waals surface area contributed by atoms with Gasteiger partial charge in [-0.25, -0.2) is 0 Å². The topological polar surface area (TPSA) is 104 Å². The quantitative estimate of drug-likeness (QED) is 0.359. The fourth-order valence-electron chi connectivity index (χ4n) is 2.65. The minimum Gasteiger partial charge on any atom is -0.497 e. The van der Waals surface area contributed by atoms with Crippen LogP contribution in [0.2, 0.25) is 0 Å². The van der Waals surface area contributed by atoms with E-state index in [1.165, 1.54) is 24.3 Å². The van der Waals surface area contributed by atoms with Gasteiger partial charge in [-0.05, 0) is 48.0 Å². The Balaban J connectivity index is 1.77. The molecule has 2 aromatic carbocycles. The molecule has 1 heterocycles. The second kappa shape index (κ2) is 8.75. The molecule has 0 fully saturated rings. The van der Waals surface area contributed by atoms with Crippen molar-refractivity contribution in [2.24, 2.45) is 0 Å². The Labute approximate surface area is 166 Å². The van der Waals surface area contributed by atoms with E-state index < -0.39 is 10.8 Å². The van der Waals surface area contributed by atoms with E-state index in [2.05, 4.69) is 5.32 Å². The third-order valence-corrected chi connectivity index (χ3v) is 4.06. The summed E-state index contributed by atoms with van der Waals surface area (Å²) >= 11 is 0. The second-order valence-electron chi connectivity index (χ2n) is 5.90.